The molecule has 0 aromatic rings. The molecule has 110 valence electrons. The highest BCUT2D eigenvalue weighted by molar-refractivity contribution is 5.68. The van der Waals surface area contributed by atoms with E-state index in [9.17, 15) is 9.59 Å². The molecule has 5 nitrogen and oxygen atoms in total. The fourth-order valence-electron chi connectivity index (χ4n) is 1.25. The molecule has 0 aliphatic heterocycles. The van der Waals surface area contributed by atoms with Gasteiger partial charge in [-0.2, -0.15) is 0 Å². The third-order valence-corrected chi connectivity index (χ3v) is 2.13. The number of amides is 1. The predicted molar refractivity (Wildman–Crippen MR) is 73.8 cm³/mol. The first-order valence-electron chi connectivity index (χ1n) is 6.41. The van der Waals surface area contributed by atoms with Crippen LogP contribution in [-0.4, -0.2) is 30.3 Å². The number of ether oxygens (including phenoxy) is 2. The summed E-state index contributed by atoms with van der Waals surface area (Å²) < 4.78 is 9.98. The van der Waals surface area contributed by atoms with Crippen molar-refractivity contribution in [1.29, 1.82) is 0 Å². The Balaban J connectivity index is 4.34. The number of carbonyl (C=O) groups excluding carboxylic acids is 2. The Labute approximate surface area is 115 Å². The molecule has 0 saturated heterocycles. The normalized spacial score (nSPS) is 13.4. The summed E-state index contributed by atoms with van der Waals surface area (Å²) in [5, 5.41) is 2.77. The van der Waals surface area contributed by atoms with Crippen molar-refractivity contribution >= 4 is 12.1 Å². The van der Waals surface area contributed by atoms with Crippen molar-refractivity contribution in [2.45, 2.75) is 53.2 Å². The quantitative estimate of drug-likeness (QED) is 0.616. The van der Waals surface area contributed by atoms with Crippen LogP contribution in [0.1, 0.15) is 41.5 Å². The van der Waals surface area contributed by atoms with E-state index >= 15 is 0 Å². The van der Waals surface area contributed by atoms with Gasteiger partial charge >= 0.3 is 12.1 Å². The second-order valence-corrected chi connectivity index (χ2v) is 5.65. The monoisotopic (exact) mass is 271 g/mol. The van der Waals surface area contributed by atoms with Crippen LogP contribution in [0.25, 0.3) is 0 Å². The molecular formula is C14H25NO4. The average molecular weight is 271 g/mol. The first-order valence-corrected chi connectivity index (χ1v) is 6.41. The van der Waals surface area contributed by atoms with Gasteiger partial charge in [-0.25, -0.2) is 4.79 Å². The SMILES string of the molecule is CC(=O)OC/C=C/[C@@H](NC(=O)OC(C)(C)C)C(C)C. The van der Waals surface area contributed by atoms with Crippen LogP contribution in [0.5, 0.6) is 0 Å². The number of hydrogen-bond donors (Lipinski definition) is 1. The molecule has 0 saturated carbocycles. The molecule has 1 N–H and O–H groups in total. The van der Waals surface area contributed by atoms with E-state index in [0.717, 1.165) is 0 Å². The first-order chi connectivity index (χ1) is 8.61. The van der Waals surface area contributed by atoms with E-state index in [2.05, 4.69) is 5.32 Å². The van der Waals surface area contributed by atoms with Gasteiger partial charge in [0.25, 0.3) is 0 Å². The fourth-order valence-corrected chi connectivity index (χ4v) is 1.25. The first kappa shape index (κ1) is 17.5. The van der Waals surface area contributed by atoms with Crippen LogP contribution in [0.4, 0.5) is 4.79 Å². The van der Waals surface area contributed by atoms with Gasteiger partial charge in [0, 0.05) is 6.92 Å². The summed E-state index contributed by atoms with van der Waals surface area (Å²) in [5.74, 6) is -0.119. The van der Waals surface area contributed by atoms with E-state index < -0.39 is 11.7 Å². The minimum atomic E-state index is -0.521. The number of alkyl carbamates (subject to hydrolysis) is 1. The van der Waals surface area contributed by atoms with E-state index in [1.165, 1.54) is 6.92 Å². The number of rotatable bonds is 5. The standard InChI is InChI=1S/C14H25NO4/c1-10(2)12(8-7-9-18-11(3)16)15-13(17)19-14(4,5)6/h7-8,10,12H,9H2,1-6H3,(H,15,17)/b8-7+/t12-/m1/s1. The summed E-state index contributed by atoms with van der Waals surface area (Å²) in [4.78, 5) is 22.3. The molecule has 1 atom stereocenters. The van der Waals surface area contributed by atoms with Crippen molar-refractivity contribution in [2.75, 3.05) is 6.61 Å². The van der Waals surface area contributed by atoms with Crippen LogP contribution in [-0.2, 0) is 14.3 Å². The Morgan fingerprint density at radius 3 is 2.26 bits per heavy atom. The highest BCUT2D eigenvalue weighted by Gasteiger charge is 2.19. The maximum atomic E-state index is 11.7. The molecule has 0 bridgehead atoms. The zero-order valence-corrected chi connectivity index (χ0v) is 12.6. The van der Waals surface area contributed by atoms with Crippen LogP contribution in [0, 0.1) is 5.92 Å². The van der Waals surface area contributed by atoms with Crippen molar-refractivity contribution in [3.05, 3.63) is 12.2 Å². The van der Waals surface area contributed by atoms with Crippen LogP contribution in [0.15, 0.2) is 12.2 Å². The number of hydrogen-bond acceptors (Lipinski definition) is 4. The highest BCUT2D eigenvalue weighted by Crippen LogP contribution is 2.09. The lowest BCUT2D eigenvalue weighted by Crippen LogP contribution is -2.40. The van der Waals surface area contributed by atoms with Crippen molar-refractivity contribution in [3.63, 3.8) is 0 Å². The molecular weight excluding hydrogens is 246 g/mol. The van der Waals surface area contributed by atoms with E-state index in [-0.39, 0.29) is 24.5 Å². The molecule has 0 spiro atoms. The molecule has 0 heterocycles. The minimum absolute atomic E-state index is 0.162. The van der Waals surface area contributed by atoms with Gasteiger partial charge in [0.1, 0.15) is 12.2 Å². The molecule has 0 aromatic heterocycles. The summed E-state index contributed by atoms with van der Waals surface area (Å²) in [6.07, 6.45) is 3.06. The smallest absolute Gasteiger partial charge is 0.408 e. The molecule has 0 radical (unpaired) electrons. The minimum Gasteiger partial charge on any atom is -0.462 e. The van der Waals surface area contributed by atoms with Crippen molar-refractivity contribution in [3.8, 4) is 0 Å². The maximum absolute atomic E-state index is 11.7. The third kappa shape index (κ3) is 10.1. The van der Waals surface area contributed by atoms with Gasteiger partial charge in [-0.1, -0.05) is 19.9 Å². The largest absolute Gasteiger partial charge is 0.462 e. The van der Waals surface area contributed by atoms with Gasteiger partial charge in [0.15, 0.2) is 0 Å². The highest BCUT2D eigenvalue weighted by atomic mass is 16.6. The molecule has 19 heavy (non-hydrogen) atoms. The second kappa shape index (κ2) is 7.81. The zero-order chi connectivity index (χ0) is 15.1. The van der Waals surface area contributed by atoms with E-state index in [1.54, 1.807) is 12.2 Å². The van der Waals surface area contributed by atoms with E-state index in [4.69, 9.17) is 9.47 Å². The lowest BCUT2D eigenvalue weighted by molar-refractivity contribution is -0.139. The van der Waals surface area contributed by atoms with Crippen molar-refractivity contribution in [2.24, 2.45) is 5.92 Å². The summed E-state index contributed by atoms with van der Waals surface area (Å²) in [6, 6.07) is -0.162. The van der Waals surface area contributed by atoms with Gasteiger partial charge < -0.3 is 14.8 Å². The molecule has 0 aromatic carbocycles. The molecule has 0 fully saturated rings. The molecule has 1 amide bonds. The van der Waals surface area contributed by atoms with Crippen molar-refractivity contribution in [1.82, 2.24) is 5.32 Å². The number of nitrogens with one attached hydrogen (secondary N) is 1. The topological polar surface area (TPSA) is 64.6 Å². The van der Waals surface area contributed by atoms with Gasteiger partial charge in [-0.05, 0) is 32.8 Å². The van der Waals surface area contributed by atoms with E-state index in [0.29, 0.717) is 0 Å². The van der Waals surface area contributed by atoms with Crippen LogP contribution in [0.2, 0.25) is 0 Å². The predicted octanol–water partition coefficient (Wildman–Crippen LogP) is 2.66. The molecule has 0 rings (SSSR count). The summed E-state index contributed by atoms with van der Waals surface area (Å²) >= 11 is 0. The Kier molecular flexibility index (Phi) is 7.19. The average Bonchev–Trinajstić information content (AvgIpc) is 2.19. The summed E-state index contributed by atoms with van der Waals surface area (Å²) in [6.45, 7) is 11.0. The van der Waals surface area contributed by atoms with Gasteiger partial charge in [0.05, 0.1) is 6.04 Å². The van der Waals surface area contributed by atoms with Crippen LogP contribution >= 0.6 is 0 Å². The van der Waals surface area contributed by atoms with Gasteiger partial charge in [0.2, 0.25) is 0 Å². The second-order valence-electron chi connectivity index (χ2n) is 5.65. The molecule has 0 unspecified atom stereocenters. The summed E-state index contributed by atoms with van der Waals surface area (Å²) in [5.41, 5.74) is -0.521. The van der Waals surface area contributed by atoms with Crippen molar-refractivity contribution < 1.29 is 19.1 Å². The third-order valence-electron chi connectivity index (χ3n) is 2.13. The van der Waals surface area contributed by atoms with Gasteiger partial charge in [-0.3, -0.25) is 4.79 Å². The van der Waals surface area contributed by atoms with Gasteiger partial charge in [-0.15, -0.1) is 0 Å². The summed E-state index contributed by atoms with van der Waals surface area (Å²) in [7, 11) is 0. The molecule has 0 aliphatic carbocycles. The maximum Gasteiger partial charge on any atom is 0.408 e. The lowest BCUT2D eigenvalue weighted by Gasteiger charge is -2.24. The Bertz CT molecular complexity index is 329. The van der Waals surface area contributed by atoms with E-state index in [1.807, 2.05) is 34.6 Å². The Hall–Kier alpha value is -1.52. The Morgan fingerprint density at radius 1 is 1.26 bits per heavy atom. The van der Waals surface area contributed by atoms with Crippen LogP contribution in [0.3, 0.4) is 0 Å². The number of esters is 1. The zero-order valence-electron chi connectivity index (χ0n) is 12.6. The number of carbonyl (C=O) groups is 2. The lowest BCUT2D eigenvalue weighted by atomic mass is 10.0. The Morgan fingerprint density at radius 2 is 1.84 bits per heavy atom. The fraction of sp³-hybridized carbons (Fsp3) is 0.714. The van der Waals surface area contributed by atoms with Crippen LogP contribution < -0.4 is 5.32 Å². The molecule has 5 heteroatoms. The molecule has 0 aliphatic rings.